The van der Waals surface area contributed by atoms with Gasteiger partial charge in [-0.1, -0.05) is 18.2 Å². The minimum absolute atomic E-state index is 0.158. The molecule has 148 valence electrons. The zero-order chi connectivity index (χ0) is 18.6. The van der Waals surface area contributed by atoms with E-state index < -0.39 is 0 Å². The molecule has 0 saturated carbocycles. The largest absolute Gasteiger partial charge is 0.375 e. The molecule has 0 amide bonds. The fourth-order valence-corrected chi connectivity index (χ4v) is 4.58. The van der Waals surface area contributed by atoms with E-state index >= 15 is 0 Å². The summed E-state index contributed by atoms with van der Waals surface area (Å²) in [6.45, 7) is 7.51. The number of aliphatic imine (C=N–C) groups is 1. The van der Waals surface area contributed by atoms with Gasteiger partial charge in [0.1, 0.15) is 6.10 Å². The van der Waals surface area contributed by atoms with Crippen molar-refractivity contribution in [2.24, 2.45) is 4.99 Å². The predicted octanol–water partition coefficient (Wildman–Crippen LogP) is 1.89. The highest BCUT2D eigenvalue weighted by molar-refractivity contribution is 5.80. The Balaban J connectivity index is 1.30. The molecular weight excluding hydrogens is 340 g/mol. The van der Waals surface area contributed by atoms with E-state index in [0.29, 0.717) is 6.04 Å². The van der Waals surface area contributed by atoms with Crippen LogP contribution in [0.5, 0.6) is 0 Å². The van der Waals surface area contributed by atoms with Crippen LogP contribution in [0.25, 0.3) is 0 Å². The first-order valence-corrected chi connectivity index (χ1v) is 10.3. The number of guanidine groups is 1. The molecule has 1 aromatic carbocycles. The molecule has 27 heavy (non-hydrogen) atoms. The summed E-state index contributed by atoms with van der Waals surface area (Å²) in [4.78, 5) is 9.34. The lowest BCUT2D eigenvalue weighted by molar-refractivity contribution is -0.0816. The molecule has 1 N–H and O–H groups in total. The van der Waals surface area contributed by atoms with Gasteiger partial charge in [0.05, 0.1) is 12.7 Å². The predicted molar refractivity (Wildman–Crippen MR) is 109 cm³/mol. The number of benzene rings is 1. The van der Waals surface area contributed by atoms with Gasteiger partial charge in [0.25, 0.3) is 0 Å². The Morgan fingerprint density at radius 3 is 2.89 bits per heavy atom. The molecular formula is C21H32N4O2. The van der Waals surface area contributed by atoms with Crippen LogP contribution in [-0.4, -0.2) is 75.5 Å². The first kappa shape index (κ1) is 18.6. The molecule has 0 spiro atoms. The summed E-state index contributed by atoms with van der Waals surface area (Å²) in [6.07, 6.45) is 3.79. The SMILES string of the molecule is CN=C(NCCN1c2ccccc2CC1C)N1CCOC(C2CCCO2)C1. The van der Waals surface area contributed by atoms with Crippen molar-refractivity contribution in [3.05, 3.63) is 29.8 Å². The molecule has 0 radical (unpaired) electrons. The van der Waals surface area contributed by atoms with Gasteiger partial charge < -0.3 is 24.6 Å². The van der Waals surface area contributed by atoms with E-state index in [1.807, 2.05) is 7.05 Å². The molecule has 3 aliphatic heterocycles. The van der Waals surface area contributed by atoms with E-state index in [1.54, 1.807) is 0 Å². The molecule has 2 fully saturated rings. The summed E-state index contributed by atoms with van der Waals surface area (Å²) in [5.74, 6) is 0.974. The number of rotatable bonds is 4. The molecule has 0 bridgehead atoms. The standard InChI is InChI=1S/C21H32N4O2/c1-16-14-17-6-3-4-7-18(17)25(16)10-9-23-21(22-2)24-11-13-27-20(15-24)19-8-5-12-26-19/h3-4,6-7,16,19-20H,5,8-15H2,1-2H3,(H,22,23). The van der Waals surface area contributed by atoms with Crippen LogP contribution in [0.1, 0.15) is 25.3 Å². The maximum Gasteiger partial charge on any atom is 0.193 e. The molecule has 3 unspecified atom stereocenters. The zero-order valence-electron chi connectivity index (χ0n) is 16.6. The lowest BCUT2D eigenvalue weighted by Crippen LogP contribution is -2.54. The van der Waals surface area contributed by atoms with Gasteiger partial charge in [-0.05, 0) is 37.8 Å². The third kappa shape index (κ3) is 4.06. The number of ether oxygens (including phenoxy) is 2. The molecule has 3 heterocycles. The second-order valence-corrected chi connectivity index (χ2v) is 7.76. The van der Waals surface area contributed by atoms with Crippen LogP contribution in [0, 0.1) is 0 Å². The van der Waals surface area contributed by atoms with Crippen LogP contribution >= 0.6 is 0 Å². The van der Waals surface area contributed by atoms with Gasteiger partial charge in [0.15, 0.2) is 5.96 Å². The minimum Gasteiger partial charge on any atom is -0.375 e. The van der Waals surface area contributed by atoms with Crippen molar-refractivity contribution in [1.29, 1.82) is 0 Å². The summed E-state index contributed by atoms with van der Waals surface area (Å²) < 4.78 is 11.8. The molecule has 2 saturated heterocycles. The highest BCUT2D eigenvalue weighted by Crippen LogP contribution is 2.31. The van der Waals surface area contributed by atoms with Crippen LogP contribution in [0.2, 0.25) is 0 Å². The Kier molecular flexibility index (Phi) is 5.83. The number of nitrogens with one attached hydrogen (secondary N) is 1. The van der Waals surface area contributed by atoms with Crippen LogP contribution < -0.4 is 10.2 Å². The van der Waals surface area contributed by atoms with Crippen molar-refractivity contribution in [2.45, 2.75) is 44.4 Å². The van der Waals surface area contributed by atoms with E-state index in [2.05, 4.69) is 51.3 Å². The Labute approximate surface area is 162 Å². The van der Waals surface area contributed by atoms with Crippen LogP contribution in [0.4, 0.5) is 5.69 Å². The first-order chi connectivity index (χ1) is 13.3. The molecule has 3 atom stereocenters. The molecule has 3 aliphatic rings. The summed E-state index contributed by atoms with van der Waals surface area (Å²) in [5, 5.41) is 3.57. The molecule has 0 aromatic heterocycles. The normalized spacial score (nSPS) is 28.5. The maximum absolute atomic E-state index is 5.97. The van der Waals surface area contributed by atoms with Gasteiger partial charge >= 0.3 is 0 Å². The molecule has 0 aliphatic carbocycles. The van der Waals surface area contributed by atoms with Crippen molar-refractivity contribution < 1.29 is 9.47 Å². The average molecular weight is 373 g/mol. The summed E-state index contributed by atoms with van der Waals surface area (Å²) >= 11 is 0. The first-order valence-electron chi connectivity index (χ1n) is 10.3. The monoisotopic (exact) mass is 372 g/mol. The van der Waals surface area contributed by atoms with E-state index in [4.69, 9.17) is 9.47 Å². The minimum atomic E-state index is 0.158. The topological polar surface area (TPSA) is 49.3 Å². The van der Waals surface area contributed by atoms with Gasteiger partial charge in [-0.15, -0.1) is 0 Å². The van der Waals surface area contributed by atoms with Gasteiger partial charge in [-0.2, -0.15) is 0 Å². The number of anilines is 1. The average Bonchev–Trinajstić information content (AvgIpc) is 3.33. The zero-order valence-corrected chi connectivity index (χ0v) is 16.6. The Bertz CT molecular complexity index is 659. The highest BCUT2D eigenvalue weighted by atomic mass is 16.5. The van der Waals surface area contributed by atoms with Gasteiger partial charge in [0, 0.05) is 51.6 Å². The van der Waals surface area contributed by atoms with Crippen molar-refractivity contribution in [2.75, 3.05) is 51.3 Å². The number of hydrogen-bond donors (Lipinski definition) is 1. The molecule has 1 aromatic rings. The summed E-state index contributed by atoms with van der Waals surface area (Å²) in [7, 11) is 1.87. The number of nitrogens with zero attached hydrogens (tertiary/aromatic N) is 3. The van der Waals surface area contributed by atoms with Crippen molar-refractivity contribution in [1.82, 2.24) is 10.2 Å². The van der Waals surface area contributed by atoms with Crippen molar-refractivity contribution >= 4 is 11.6 Å². The third-order valence-corrected chi connectivity index (χ3v) is 5.97. The Morgan fingerprint density at radius 1 is 1.22 bits per heavy atom. The highest BCUT2D eigenvalue weighted by Gasteiger charge is 2.32. The Hall–Kier alpha value is -1.79. The summed E-state index contributed by atoms with van der Waals surface area (Å²) in [5.41, 5.74) is 2.84. The summed E-state index contributed by atoms with van der Waals surface area (Å²) in [6, 6.07) is 9.31. The lowest BCUT2D eigenvalue weighted by Gasteiger charge is -2.37. The van der Waals surface area contributed by atoms with Gasteiger partial charge in [-0.3, -0.25) is 4.99 Å². The second kappa shape index (κ2) is 8.48. The van der Waals surface area contributed by atoms with Crippen LogP contribution in [-0.2, 0) is 15.9 Å². The third-order valence-electron chi connectivity index (χ3n) is 5.97. The van der Waals surface area contributed by atoms with Crippen LogP contribution in [0.15, 0.2) is 29.3 Å². The van der Waals surface area contributed by atoms with E-state index in [0.717, 1.165) is 64.6 Å². The fraction of sp³-hybridized carbons (Fsp3) is 0.667. The number of fused-ring (bicyclic) bond motifs is 1. The van der Waals surface area contributed by atoms with Crippen LogP contribution in [0.3, 0.4) is 0 Å². The maximum atomic E-state index is 5.97. The van der Waals surface area contributed by atoms with Crippen molar-refractivity contribution in [3.63, 3.8) is 0 Å². The van der Waals surface area contributed by atoms with E-state index in [-0.39, 0.29) is 12.2 Å². The quantitative estimate of drug-likeness (QED) is 0.646. The fourth-order valence-electron chi connectivity index (χ4n) is 4.58. The smallest absolute Gasteiger partial charge is 0.193 e. The number of para-hydroxylation sites is 1. The number of hydrogen-bond acceptors (Lipinski definition) is 4. The molecule has 4 rings (SSSR count). The second-order valence-electron chi connectivity index (χ2n) is 7.76. The van der Waals surface area contributed by atoms with E-state index in [1.165, 1.54) is 11.3 Å². The van der Waals surface area contributed by atoms with Gasteiger partial charge in [0.2, 0.25) is 0 Å². The number of morpholine rings is 1. The molecule has 6 heteroatoms. The Morgan fingerprint density at radius 2 is 2.07 bits per heavy atom. The molecule has 6 nitrogen and oxygen atoms in total. The van der Waals surface area contributed by atoms with E-state index in [9.17, 15) is 0 Å². The lowest BCUT2D eigenvalue weighted by atomic mass is 10.1. The van der Waals surface area contributed by atoms with Crippen molar-refractivity contribution in [3.8, 4) is 0 Å². The van der Waals surface area contributed by atoms with Gasteiger partial charge in [-0.25, -0.2) is 0 Å².